The third-order valence-electron chi connectivity index (χ3n) is 2.47. The van der Waals surface area contributed by atoms with Crippen molar-refractivity contribution in [3.8, 4) is 5.75 Å². The van der Waals surface area contributed by atoms with Gasteiger partial charge in [0.05, 0.1) is 17.3 Å². The fourth-order valence-corrected chi connectivity index (χ4v) is 1.82. The molecule has 1 atom stereocenters. The molecule has 2 heterocycles. The molecule has 82 valence electrons. The minimum absolute atomic E-state index is 0.0870. The molecule has 1 aromatic heterocycles. The summed E-state index contributed by atoms with van der Waals surface area (Å²) in [5, 5.41) is 11.3. The highest BCUT2D eigenvalue weighted by Gasteiger charge is 2.23. The lowest BCUT2D eigenvalue weighted by Crippen LogP contribution is -2.31. The standard InChI is InChI=1S/C10H13ClN2O2/c11-8-4-10(6-12-5-8)15-7-9-2-1-3-13(9)14/h4-6,9,14H,1-3,7H2. The quantitative estimate of drug-likeness (QED) is 0.859. The topological polar surface area (TPSA) is 45.6 Å². The molecular formula is C10H13ClN2O2. The minimum Gasteiger partial charge on any atom is -0.490 e. The summed E-state index contributed by atoms with van der Waals surface area (Å²) >= 11 is 5.77. The molecule has 0 aromatic carbocycles. The highest BCUT2D eigenvalue weighted by molar-refractivity contribution is 6.30. The van der Waals surface area contributed by atoms with E-state index in [0.717, 1.165) is 19.4 Å². The molecule has 1 aliphatic rings. The molecule has 4 nitrogen and oxygen atoms in total. The normalized spacial score (nSPS) is 21.9. The van der Waals surface area contributed by atoms with Gasteiger partial charge >= 0.3 is 0 Å². The van der Waals surface area contributed by atoms with Crippen LogP contribution in [0.4, 0.5) is 0 Å². The molecule has 1 aliphatic heterocycles. The van der Waals surface area contributed by atoms with E-state index in [2.05, 4.69) is 4.98 Å². The zero-order valence-corrected chi connectivity index (χ0v) is 9.02. The van der Waals surface area contributed by atoms with Crippen molar-refractivity contribution in [2.45, 2.75) is 18.9 Å². The summed E-state index contributed by atoms with van der Waals surface area (Å²) in [4.78, 5) is 3.92. The van der Waals surface area contributed by atoms with Crippen LogP contribution < -0.4 is 4.74 Å². The summed E-state index contributed by atoms with van der Waals surface area (Å²) in [5.41, 5.74) is 0. The molecule has 1 unspecified atom stereocenters. The van der Waals surface area contributed by atoms with Gasteiger partial charge in [-0.3, -0.25) is 4.98 Å². The molecule has 0 spiro atoms. The van der Waals surface area contributed by atoms with Crippen LogP contribution >= 0.6 is 11.6 Å². The van der Waals surface area contributed by atoms with E-state index < -0.39 is 0 Å². The molecule has 2 rings (SSSR count). The number of nitrogens with zero attached hydrogens (tertiary/aromatic N) is 2. The lowest BCUT2D eigenvalue weighted by molar-refractivity contribution is -0.110. The van der Waals surface area contributed by atoms with Gasteiger partial charge < -0.3 is 9.94 Å². The number of rotatable bonds is 3. The fourth-order valence-electron chi connectivity index (χ4n) is 1.65. The average molecular weight is 229 g/mol. The largest absolute Gasteiger partial charge is 0.490 e. The molecule has 1 fully saturated rings. The maximum Gasteiger partial charge on any atom is 0.139 e. The number of halogens is 1. The van der Waals surface area contributed by atoms with Crippen molar-refractivity contribution in [3.63, 3.8) is 0 Å². The van der Waals surface area contributed by atoms with E-state index in [1.807, 2.05) is 0 Å². The SMILES string of the molecule is ON1CCCC1COc1cncc(Cl)c1. The molecule has 0 bridgehead atoms. The Morgan fingerprint density at radius 2 is 2.47 bits per heavy atom. The smallest absolute Gasteiger partial charge is 0.139 e. The van der Waals surface area contributed by atoms with E-state index in [9.17, 15) is 5.21 Å². The Balaban J connectivity index is 1.87. The highest BCUT2D eigenvalue weighted by atomic mass is 35.5. The van der Waals surface area contributed by atoms with E-state index in [0.29, 0.717) is 17.4 Å². The lowest BCUT2D eigenvalue weighted by atomic mass is 10.2. The van der Waals surface area contributed by atoms with Crippen LogP contribution in [0.25, 0.3) is 0 Å². The lowest BCUT2D eigenvalue weighted by Gasteiger charge is -2.17. The molecule has 15 heavy (non-hydrogen) atoms. The zero-order valence-electron chi connectivity index (χ0n) is 8.27. The van der Waals surface area contributed by atoms with Gasteiger partial charge in [0.2, 0.25) is 0 Å². The first kappa shape index (κ1) is 10.7. The molecule has 1 N–H and O–H groups in total. The van der Waals surface area contributed by atoms with E-state index in [-0.39, 0.29) is 6.04 Å². The molecular weight excluding hydrogens is 216 g/mol. The number of hydroxylamine groups is 2. The summed E-state index contributed by atoms with van der Waals surface area (Å²) < 4.78 is 5.49. The van der Waals surface area contributed by atoms with Crippen LogP contribution in [-0.4, -0.2) is 34.4 Å². The van der Waals surface area contributed by atoms with E-state index in [4.69, 9.17) is 16.3 Å². The molecule has 0 radical (unpaired) electrons. The first-order chi connectivity index (χ1) is 7.25. The van der Waals surface area contributed by atoms with E-state index in [1.54, 1.807) is 18.5 Å². The average Bonchev–Trinajstić information content (AvgIpc) is 2.61. The number of hydrogen-bond acceptors (Lipinski definition) is 4. The van der Waals surface area contributed by atoms with Crippen LogP contribution in [-0.2, 0) is 0 Å². The van der Waals surface area contributed by atoms with Crippen molar-refractivity contribution < 1.29 is 9.94 Å². The van der Waals surface area contributed by atoms with Gasteiger partial charge in [0.25, 0.3) is 0 Å². The second-order valence-corrected chi connectivity index (χ2v) is 4.05. The monoisotopic (exact) mass is 228 g/mol. The van der Waals surface area contributed by atoms with E-state index >= 15 is 0 Å². The van der Waals surface area contributed by atoms with Gasteiger partial charge in [0, 0.05) is 18.8 Å². The highest BCUT2D eigenvalue weighted by Crippen LogP contribution is 2.18. The van der Waals surface area contributed by atoms with Crippen molar-refractivity contribution >= 4 is 11.6 Å². The van der Waals surface area contributed by atoms with Crippen LogP contribution in [0.15, 0.2) is 18.5 Å². The van der Waals surface area contributed by atoms with Crippen LogP contribution in [0, 0.1) is 0 Å². The third-order valence-corrected chi connectivity index (χ3v) is 2.67. The third kappa shape index (κ3) is 2.81. The van der Waals surface area contributed by atoms with Crippen molar-refractivity contribution in [1.82, 2.24) is 10.0 Å². The number of ether oxygens (including phenoxy) is 1. The van der Waals surface area contributed by atoms with Crippen LogP contribution in [0.2, 0.25) is 5.02 Å². The molecule has 5 heteroatoms. The first-order valence-electron chi connectivity index (χ1n) is 4.94. The van der Waals surface area contributed by atoms with Gasteiger partial charge in [-0.15, -0.1) is 0 Å². The summed E-state index contributed by atoms with van der Waals surface area (Å²) in [7, 11) is 0. The number of aromatic nitrogens is 1. The van der Waals surface area contributed by atoms with E-state index in [1.165, 1.54) is 5.06 Å². The van der Waals surface area contributed by atoms with Crippen LogP contribution in [0.5, 0.6) is 5.75 Å². The Morgan fingerprint density at radius 1 is 1.60 bits per heavy atom. The minimum atomic E-state index is 0.0870. The zero-order chi connectivity index (χ0) is 10.7. The van der Waals surface area contributed by atoms with Crippen molar-refractivity contribution in [3.05, 3.63) is 23.5 Å². The predicted octanol–water partition coefficient (Wildman–Crippen LogP) is 1.97. The Labute approximate surface area is 93.4 Å². The predicted molar refractivity (Wildman–Crippen MR) is 56.3 cm³/mol. The second-order valence-electron chi connectivity index (χ2n) is 3.61. The van der Waals surface area contributed by atoms with Gasteiger partial charge in [-0.2, -0.15) is 5.06 Å². The maximum atomic E-state index is 9.43. The van der Waals surface area contributed by atoms with Gasteiger partial charge in [0.15, 0.2) is 0 Å². The van der Waals surface area contributed by atoms with Gasteiger partial charge in [-0.05, 0) is 12.8 Å². The summed E-state index contributed by atoms with van der Waals surface area (Å²) in [5.74, 6) is 0.641. The van der Waals surface area contributed by atoms with Crippen molar-refractivity contribution in [2.75, 3.05) is 13.2 Å². The molecule has 0 saturated carbocycles. The number of pyridine rings is 1. The fraction of sp³-hybridized carbons (Fsp3) is 0.500. The van der Waals surface area contributed by atoms with Gasteiger partial charge in [-0.25, -0.2) is 0 Å². The molecule has 0 amide bonds. The van der Waals surface area contributed by atoms with Crippen LogP contribution in [0.3, 0.4) is 0 Å². The summed E-state index contributed by atoms with van der Waals surface area (Å²) in [6, 6.07) is 1.80. The Kier molecular flexibility index (Phi) is 3.41. The maximum absolute atomic E-state index is 9.43. The molecule has 0 aliphatic carbocycles. The van der Waals surface area contributed by atoms with Crippen molar-refractivity contribution in [2.24, 2.45) is 0 Å². The second kappa shape index (κ2) is 4.79. The van der Waals surface area contributed by atoms with Gasteiger partial charge in [0.1, 0.15) is 12.4 Å². The van der Waals surface area contributed by atoms with Crippen LogP contribution in [0.1, 0.15) is 12.8 Å². The number of hydrogen-bond donors (Lipinski definition) is 1. The Bertz CT molecular complexity index is 335. The van der Waals surface area contributed by atoms with Crippen molar-refractivity contribution in [1.29, 1.82) is 0 Å². The summed E-state index contributed by atoms with van der Waals surface area (Å²) in [6.07, 6.45) is 5.15. The molecule has 1 aromatic rings. The van der Waals surface area contributed by atoms with Gasteiger partial charge in [-0.1, -0.05) is 11.6 Å². The summed E-state index contributed by atoms with van der Waals surface area (Å²) in [6.45, 7) is 1.19. The Hall–Kier alpha value is -0.840. The first-order valence-corrected chi connectivity index (χ1v) is 5.32. The molecule has 1 saturated heterocycles. The Morgan fingerprint density at radius 3 is 3.13 bits per heavy atom.